The summed E-state index contributed by atoms with van der Waals surface area (Å²) in [7, 11) is 0. The van der Waals surface area contributed by atoms with E-state index in [4.69, 9.17) is 0 Å². The molecule has 6 nitrogen and oxygen atoms in total. The van der Waals surface area contributed by atoms with Gasteiger partial charge in [-0.05, 0) is 45.6 Å². The summed E-state index contributed by atoms with van der Waals surface area (Å²) in [5.41, 5.74) is 0. The molecule has 0 radical (unpaired) electrons. The lowest BCUT2D eigenvalue weighted by Crippen LogP contribution is -2.28. The van der Waals surface area contributed by atoms with Crippen molar-refractivity contribution in [2.45, 2.75) is 58.0 Å². The van der Waals surface area contributed by atoms with Gasteiger partial charge in [0.05, 0.1) is 0 Å². The SMILES string of the molecule is CC(C)N1CCC(Cc2nc3n(n2)C(C(=O)O)CCC3)C1. The molecule has 2 atom stereocenters. The van der Waals surface area contributed by atoms with Crippen LogP contribution < -0.4 is 0 Å². The van der Waals surface area contributed by atoms with Crippen LogP contribution in [-0.4, -0.2) is 49.9 Å². The third-order valence-corrected chi connectivity index (χ3v) is 4.72. The average molecular weight is 292 g/mol. The molecular formula is C15H24N4O2. The molecule has 0 amide bonds. The van der Waals surface area contributed by atoms with Crippen LogP contribution in [0.5, 0.6) is 0 Å². The first-order valence-electron chi connectivity index (χ1n) is 7.95. The maximum Gasteiger partial charge on any atom is 0.328 e. The second kappa shape index (κ2) is 5.75. The molecule has 2 unspecified atom stereocenters. The fourth-order valence-corrected chi connectivity index (χ4v) is 3.47. The van der Waals surface area contributed by atoms with Crippen molar-refractivity contribution in [1.29, 1.82) is 0 Å². The topological polar surface area (TPSA) is 71.2 Å². The van der Waals surface area contributed by atoms with Crippen LogP contribution in [0.4, 0.5) is 0 Å². The summed E-state index contributed by atoms with van der Waals surface area (Å²) < 4.78 is 1.65. The monoisotopic (exact) mass is 292 g/mol. The molecule has 0 saturated carbocycles. The smallest absolute Gasteiger partial charge is 0.328 e. The number of rotatable bonds is 4. The summed E-state index contributed by atoms with van der Waals surface area (Å²) in [5, 5.41) is 13.8. The van der Waals surface area contributed by atoms with Gasteiger partial charge in [-0.15, -0.1) is 0 Å². The van der Waals surface area contributed by atoms with Crippen molar-refractivity contribution in [3.63, 3.8) is 0 Å². The molecule has 3 heterocycles. The molecule has 2 aliphatic rings. The van der Waals surface area contributed by atoms with Crippen molar-refractivity contribution < 1.29 is 9.90 Å². The number of hydrogen-bond donors (Lipinski definition) is 1. The molecule has 6 heteroatoms. The second-order valence-corrected chi connectivity index (χ2v) is 6.58. The number of hydrogen-bond acceptors (Lipinski definition) is 4. The second-order valence-electron chi connectivity index (χ2n) is 6.58. The predicted molar refractivity (Wildman–Crippen MR) is 78.2 cm³/mol. The molecule has 116 valence electrons. The zero-order chi connectivity index (χ0) is 15.0. The molecule has 0 spiro atoms. The van der Waals surface area contributed by atoms with E-state index >= 15 is 0 Å². The summed E-state index contributed by atoms with van der Waals surface area (Å²) in [6.07, 6.45) is 4.45. The Bertz CT molecular complexity index is 526. The van der Waals surface area contributed by atoms with Gasteiger partial charge in [-0.3, -0.25) is 0 Å². The van der Waals surface area contributed by atoms with Crippen molar-refractivity contribution in [2.24, 2.45) is 5.92 Å². The van der Waals surface area contributed by atoms with Crippen LogP contribution in [0.1, 0.15) is 50.8 Å². The number of aliphatic carboxylic acids is 1. The Morgan fingerprint density at radius 2 is 2.24 bits per heavy atom. The zero-order valence-electron chi connectivity index (χ0n) is 12.8. The van der Waals surface area contributed by atoms with E-state index in [2.05, 4.69) is 28.8 Å². The maximum atomic E-state index is 11.3. The molecule has 21 heavy (non-hydrogen) atoms. The number of carboxylic acid groups (broad SMARTS) is 1. The highest BCUT2D eigenvalue weighted by molar-refractivity contribution is 5.71. The van der Waals surface area contributed by atoms with E-state index in [0.717, 1.165) is 44.0 Å². The first-order chi connectivity index (χ1) is 10.0. The van der Waals surface area contributed by atoms with E-state index in [1.165, 1.54) is 6.42 Å². The van der Waals surface area contributed by atoms with Crippen molar-refractivity contribution in [3.8, 4) is 0 Å². The fourth-order valence-electron chi connectivity index (χ4n) is 3.47. The van der Waals surface area contributed by atoms with Crippen molar-refractivity contribution in [2.75, 3.05) is 13.1 Å². The minimum Gasteiger partial charge on any atom is -0.480 e. The number of aromatic nitrogens is 3. The van der Waals surface area contributed by atoms with E-state index in [1.54, 1.807) is 4.68 Å². The Kier molecular flexibility index (Phi) is 3.97. The van der Waals surface area contributed by atoms with Crippen LogP contribution in [0.15, 0.2) is 0 Å². The molecule has 1 N–H and O–H groups in total. The average Bonchev–Trinajstić information content (AvgIpc) is 3.04. The van der Waals surface area contributed by atoms with Crippen molar-refractivity contribution >= 4 is 5.97 Å². The fraction of sp³-hybridized carbons (Fsp3) is 0.800. The molecule has 0 aliphatic carbocycles. The molecule has 1 aromatic rings. The van der Waals surface area contributed by atoms with Gasteiger partial charge < -0.3 is 10.0 Å². The van der Waals surface area contributed by atoms with Gasteiger partial charge in [0.1, 0.15) is 5.82 Å². The maximum absolute atomic E-state index is 11.3. The molecule has 2 aliphatic heterocycles. The summed E-state index contributed by atoms with van der Waals surface area (Å²) in [5.74, 6) is 1.48. The molecule has 3 rings (SSSR count). The highest BCUT2D eigenvalue weighted by Crippen LogP contribution is 2.26. The van der Waals surface area contributed by atoms with E-state index in [9.17, 15) is 9.90 Å². The third-order valence-electron chi connectivity index (χ3n) is 4.72. The van der Waals surface area contributed by atoms with Crippen molar-refractivity contribution in [1.82, 2.24) is 19.7 Å². The number of fused-ring (bicyclic) bond motifs is 1. The van der Waals surface area contributed by atoms with Gasteiger partial charge in [0.25, 0.3) is 0 Å². The molecular weight excluding hydrogens is 268 g/mol. The number of aryl methyl sites for hydroxylation is 1. The summed E-state index contributed by atoms with van der Waals surface area (Å²) >= 11 is 0. The molecule has 0 aromatic carbocycles. The molecule has 0 bridgehead atoms. The van der Waals surface area contributed by atoms with E-state index in [0.29, 0.717) is 18.4 Å². The number of likely N-dealkylation sites (tertiary alicyclic amines) is 1. The molecule has 1 saturated heterocycles. The van der Waals surface area contributed by atoms with Gasteiger partial charge in [-0.2, -0.15) is 5.10 Å². The predicted octanol–water partition coefficient (Wildman–Crippen LogP) is 1.51. The summed E-state index contributed by atoms with van der Waals surface area (Å²) in [6.45, 7) is 6.71. The minimum atomic E-state index is -0.792. The van der Waals surface area contributed by atoms with Crippen LogP contribution in [0, 0.1) is 5.92 Å². The standard InChI is InChI=1S/C15H24N4O2/c1-10(2)18-7-6-11(9-18)8-13-16-14-5-3-4-12(15(20)21)19(14)17-13/h10-12H,3-9H2,1-2H3,(H,20,21). The van der Waals surface area contributed by atoms with Crippen LogP contribution in [0.3, 0.4) is 0 Å². The molecule has 1 fully saturated rings. The van der Waals surface area contributed by atoms with E-state index < -0.39 is 12.0 Å². The Morgan fingerprint density at radius 1 is 1.43 bits per heavy atom. The van der Waals surface area contributed by atoms with Gasteiger partial charge in [-0.1, -0.05) is 0 Å². The Hall–Kier alpha value is -1.43. The number of carbonyl (C=O) groups is 1. The van der Waals surface area contributed by atoms with Crippen LogP contribution in [0.2, 0.25) is 0 Å². The first-order valence-corrected chi connectivity index (χ1v) is 7.95. The Morgan fingerprint density at radius 3 is 2.90 bits per heavy atom. The normalized spacial score (nSPS) is 26.2. The van der Waals surface area contributed by atoms with Gasteiger partial charge in [0.15, 0.2) is 11.9 Å². The quantitative estimate of drug-likeness (QED) is 0.911. The first kappa shape index (κ1) is 14.5. The van der Waals surface area contributed by atoms with Gasteiger partial charge >= 0.3 is 5.97 Å². The lowest BCUT2D eigenvalue weighted by Gasteiger charge is -2.19. The van der Waals surface area contributed by atoms with Gasteiger partial charge in [0, 0.05) is 25.4 Å². The molecule has 1 aromatic heterocycles. The van der Waals surface area contributed by atoms with Gasteiger partial charge in [0.2, 0.25) is 0 Å². The lowest BCUT2D eigenvalue weighted by molar-refractivity contribution is -0.141. The lowest BCUT2D eigenvalue weighted by atomic mass is 10.0. The Balaban J connectivity index is 1.69. The van der Waals surface area contributed by atoms with Crippen LogP contribution >= 0.6 is 0 Å². The van der Waals surface area contributed by atoms with E-state index in [1.807, 2.05) is 0 Å². The van der Waals surface area contributed by atoms with Crippen LogP contribution in [0.25, 0.3) is 0 Å². The summed E-state index contributed by atoms with van der Waals surface area (Å²) in [6, 6.07) is 0.0697. The van der Waals surface area contributed by atoms with E-state index in [-0.39, 0.29) is 0 Å². The zero-order valence-corrected chi connectivity index (χ0v) is 12.8. The number of carboxylic acids is 1. The Labute approximate surface area is 125 Å². The van der Waals surface area contributed by atoms with Gasteiger partial charge in [-0.25, -0.2) is 14.5 Å². The highest BCUT2D eigenvalue weighted by atomic mass is 16.4. The largest absolute Gasteiger partial charge is 0.480 e. The third kappa shape index (κ3) is 2.95. The number of nitrogens with zero attached hydrogens (tertiary/aromatic N) is 4. The van der Waals surface area contributed by atoms with Crippen molar-refractivity contribution in [3.05, 3.63) is 11.6 Å². The summed E-state index contributed by atoms with van der Waals surface area (Å²) in [4.78, 5) is 18.4. The van der Waals surface area contributed by atoms with Crippen LogP contribution in [-0.2, 0) is 17.6 Å². The minimum absolute atomic E-state index is 0.522. The highest BCUT2D eigenvalue weighted by Gasteiger charge is 2.30.